The molecule has 1 N–H and O–H groups in total. The average Bonchev–Trinajstić information content (AvgIpc) is 2.90. The van der Waals surface area contributed by atoms with Crippen LogP contribution in [0.4, 0.5) is 0 Å². The summed E-state index contributed by atoms with van der Waals surface area (Å²) in [6.45, 7) is 2.27. The first-order valence-electron chi connectivity index (χ1n) is 7.20. The average molecular weight is 271 g/mol. The van der Waals surface area contributed by atoms with Gasteiger partial charge in [0.25, 0.3) is 0 Å². The summed E-state index contributed by atoms with van der Waals surface area (Å²) in [7, 11) is 0. The zero-order chi connectivity index (χ0) is 13.1. The quantitative estimate of drug-likeness (QED) is 0.786. The molecule has 2 aromatic rings. The number of nitrogens with one attached hydrogen (secondary N) is 1. The predicted octanol–water partition coefficient (Wildman–Crippen LogP) is 4.87. The lowest BCUT2D eigenvalue weighted by atomic mass is 9.98. The lowest BCUT2D eigenvalue weighted by molar-refractivity contribution is 0.438. The third kappa shape index (κ3) is 2.90. The molecule has 0 saturated carbocycles. The molecule has 0 aliphatic heterocycles. The SMILES string of the molecule is CC(NC1CCCCc2ccccc21)c1ccsc1. The van der Waals surface area contributed by atoms with E-state index in [9.17, 15) is 0 Å². The number of fused-ring (bicyclic) bond motifs is 1. The maximum absolute atomic E-state index is 3.82. The summed E-state index contributed by atoms with van der Waals surface area (Å²) in [5, 5.41) is 8.24. The highest BCUT2D eigenvalue weighted by atomic mass is 32.1. The zero-order valence-electron chi connectivity index (χ0n) is 11.4. The normalized spacial score (nSPS) is 20.6. The molecule has 0 radical (unpaired) electrons. The largest absolute Gasteiger partial charge is 0.303 e. The summed E-state index contributed by atoms with van der Waals surface area (Å²) in [6.07, 6.45) is 5.14. The molecule has 1 heterocycles. The second kappa shape index (κ2) is 5.89. The first-order chi connectivity index (χ1) is 9.34. The first kappa shape index (κ1) is 12.9. The number of aryl methyl sites for hydroxylation is 1. The number of rotatable bonds is 3. The van der Waals surface area contributed by atoms with Crippen molar-refractivity contribution >= 4 is 11.3 Å². The molecule has 3 rings (SSSR count). The van der Waals surface area contributed by atoms with Gasteiger partial charge in [-0.15, -0.1) is 0 Å². The molecular weight excluding hydrogens is 250 g/mol. The number of hydrogen-bond acceptors (Lipinski definition) is 2. The van der Waals surface area contributed by atoms with Gasteiger partial charge in [0.15, 0.2) is 0 Å². The minimum atomic E-state index is 0.433. The van der Waals surface area contributed by atoms with E-state index < -0.39 is 0 Å². The van der Waals surface area contributed by atoms with Crippen LogP contribution in [0.2, 0.25) is 0 Å². The smallest absolute Gasteiger partial charge is 0.0328 e. The number of thiophene rings is 1. The topological polar surface area (TPSA) is 12.0 Å². The summed E-state index contributed by atoms with van der Waals surface area (Å²) in [6, 6.07) is 12.1. The van der Waals surface area contributed by atoms with Crippen molar-refractivity contribution in [1.82, 2.24) is 5.32 Å². The van der Waals surface area contributed by atoms with Crippen LogP contribution in [0.25, 0.3) is 0 Å². The molecule has 0 spiro atoms. The Hall–Kier alpha value is -1.12. The highest BCUT2D eigenvalue weighted by molar-refractivity contribution is 7.07. The maximum Gasteiger partial charge on any atom is 0.0328 e. The standard InChI is InChI=1S/C17H21NS/c1-13(15-10-11-19-12-15)18-17-9-5-3-7-14-6-2-4-8-16(14)17/h2,4,6,8,10-13,17-18H,3,5,7,9H2,1H3. The summed E-state index contributed by atoms with van der Waals surface area (Å²) >= 11 is 1.78. The summed E-state index contributed by atoms with van der Waals surface area (Å²) in [5.41, 5.74) is 4.46. The second-order valence-corrected chi connectivity index (χ2v) is 6.22. The van der Waals surface area contributed by atoms with E-state index in [2.05, 4.69) is 53.3 Å². The molecule has 2 heteroatoms. The molecule has 1 aromatic heterocycles. The van der Waals surface area contributed by atoms with Crippen molar-refractivity contribution in [1.29, 1.82) is 0 Å². The van der Waals surface area contributed by atoms with Gasteiger partial charge in [-0.05, 0) is 59.7 Å². The highest BCUT2D eigenvalue weighted by Crippen LogP contribution is 2.31. The Morgan fingerprint density at radius 2 is 2.11 bits per heavy atom. The molecule has 1 nitrogen and oxygen atoms in total. The molecule has 2 unspecified atom stereocenters. The fourth-order valence-electron chi connectivity index (χ4n) is 3.01. The van der Waals surface area contributed by atoms with Gasteiger partial charge in [0.1, 0.15) is 0 Å². The maximum atomic E-state index is 3.82. The molecular formula is C17H21NS. The van der Waals surface area contributed by atoms with Gasteiger partial charge in [-0.1, -0.05) is 30.7 Å². The second-order valence-electron chi connectivity index (χ2n) is 5.44. The van der Waals surface area contributed by atoms with E-state index in [1.165, 1.54) is 42.4 Å². The van der Waals surface area contributed by atoms with Crippen LogP contribution >= 0.6 is 11.3 Å². The van der Waals surface area contributed by atoms with E-state index in [1.807, 2.05) is 0 Å². The summed E-state index contributed by atoms with van der Waals surface area (Å²) in [4.78, 5) is 0. The van der Waals surface area contributed by atoms with Crippen LogP contribution < -0.4 is 5.32 Å². The highest BCUT2D eigenvalue weighted by Gasteiger charge is 2.20. The fourth-order valence-corrected chi connectivity index (χ4v) is 3.77. The van der Waals surface area contributed by atoms with Gasteiger partial charge in [-0.25, -0.2) is 0 Å². The minimum Gasteiger partial charge on any atom is -0.303 e. The Morgan fingerprint density at radius 3 is 2.95 bits per heavy atom. The monoisotopic (exact) mass is 271 g/mol. The van der Waals surface area contributed by atoms with Crippen LogP contribution in [-0.2, 0) is 6.42 Å². The van der Waals surface area contributed by atoms with Gasteiger partial charge < -0.3 is 5.32 Å². The van der Waals surface area contributed by atoms with Crippen molar-refractivity contribution in [3.63, 3.8) is 0 Å². The van der Waals surface area contributed by atoms with Crippen molar-refractivity contribution in [2.45, 2.75) is 44.7 Å². The molecule has 0 fully saturated rings. The molecule has 1 aromatic carbocycles. The van der Waals surface area contributed by atoms with E-state index in [1.54, 1.807) is 11.3 Å². The van der Waals surface area contributed by atoms with Crippen molar-refractivity contribution in [3.8, 4) is 0 Å². The van der Waals surface area contributed by atoms with Crippen molar-refractivity contribution in [2.75, 3.05) is 0 Å². The zero-order valence-corrected chi connectivity index (χ0v) is 12.2. The van der Waals surface area contributed by atoms with Gasteiger partial charge in [0, 0.05) is 12.1 Å². The molecule has 100 valence electrons. The van der Waals surface area contributed by atoms with Gasteiger partial charge in [-0.3, -0.25) is 0 Å². The Bertz CT molecular complexity index is 518. The third-order valence-electron chi connectivity index (χ3n) is 4.11. The third-order valence-corrected chi connectivity index (χ3v) is 4.82. The Labute approximate surface area is 119 Å². The fraction of sp³-hybridized carbons (Fsp3) is 0.412. The Kier molecular flexibility index (Phi) is 4.00. The van der Waals surface area contributed by atoms with Crippen molar-refractivity contribution < 1.29 is 0 Å². The molecule has 2 atom stereocenters. The molecule has 0 bridgehead atoms. The lowest BCUT2D eigenvalue weighted by Crippen LogP contribution is -2.24. The van der Waals surface area contributed by atoms with E-state index in [-0.39, 0.29) is 0 Å². The summed E-state index contributed by atoms with van der Waals surface area (Å²) < 4.78 is 0. The van der Waals surface area contributed by atoms with Crippen LogP contribution in [0, 0.1) is 0 Å². The molecule has 1 aliphatic carbocycles. The van der Waals surface area contributed by atoms with E-state index in [4.69, 9.17) is 0 Å². The molecule has 0 saturated heterocycles. The predicted molar refractivity (Wildman–Crippen MR) is 82.6 cm³/mol. The number of hydrogen-bond donors (Lipinski definition) is 1. The lowest BCUT2D eigenvalue weighted by Gasteiger charge is -2.23. The van der Waals surface area contributed by atoms with Crippen molar-refractivity contribution in [3.05, 3.63) is 57.8 Å². The first-order valence-corrected chi connectivity index (χ1v) is 8.15. The van der Waals surface area contributed by atoms with Crippen LogP contribution in [-0.4, -0.2) is 0 Å². The molecule has 0 amide bonds. The molecule has 1 aliphatic rings. The van der Waals surface area contributed by atoms with E-state index in [0.717, 1.165) is 0 Å². The van der Waals surface area contributed by atoms with Gasteiger partial charge in [0.2, 0.25) is 0 Å². The number of benzene rings is 1. The summed E-state index contributed by atoms with van der Waals surface area (Å²) in [5.74, 6) is 0. The molecule has 19 heavy (non-hydrogen) atoms. The van der Waals surface area contributed by atoms with Gasteiger partial charge >= 0.3 is 0 Å². The van der Waals surface area contributed by atoms with Gasteiger partial charge in [-0.2, -0.15) is 11.3 Å². The van der Waals surface area contributed by atoms with Crippen molar-refractivity contribution in [2.24, 2.45) is 0 Å². The Morgan fingerprint density at radius 1 is 1.21 bits per heavy atom. The van der Waals surface area contributed by atoms with E-state index in [0.29, 0.717) is 12.1 Å². The van der Waals surface area contributed by atoms with Gasteiger partial charge in [0.05, 0.1) is 0 Å². The van der Waals surface area contributed by atoms with E-state index >= 15 is 0 Å². The van der Waals surface area contributed by atoms with Crippen LogP contribution in [0.5, 0.6) is 0 Å². The van der Waals surface area contributed by atoms with Crippen LogP contribution in [0.15, 0.2) is 41.1 Å². The van der Waals surface area contributed by atoms with Crippen LogP contribution in [0.1, 0.15) is 55.0 Å². The minimum absolute atomic E-state index is 0.433. The van der Waals surface area contributed by atoms with Crippen LogP contribution in [0.3, 0.4) is 0 Å². The Balaban J connectivity index is 1.80.